The SMILES string of the molecule is CC(C)c1cccc(C(C)C)c1B(N(C)c1ccccc1)N(C)c1ccccc1. The van der Waals surface area contributed by atoms with Gasteiger partial charge >= 0.3 is 6.98 Å². The first kappa shape index (κ1) is 21.0. The lowest BCUT2D eigenvalue weighted by atomic mass is 9.58. The highest BCUT2D eigenvalue weighted by Gasteiger charge is 2.34. The van der Waals surface area contributed by atoms with Gasteiger partial charge in [0, 0.05) is 11.4 Å². The van der Waals surface area contributed by atoms with E-state index in [1.54, 1.807) is 0 Å². The standard InChI is InChI=1S/C26H33BN2/c1-20(2)24-18-13-19-25(21(3)4)26(24)27(28(5)22-14-9-7-10-15-22)29(6)23-16-11-8-12-17-23/h7-21H,1-6H3. The maximum absolute atomic E-state index is 2.40. The maximum Gasteiger partial charge on any atom is 0.411 e. The van der Waals surface area contributed by atoms with Crippen molar-refractivity contribution in [3.8, 4) is 0 Å². The molecule has 2 nitrogen and oxygen atoms in total. The Bertz CT molecular complexity index is 835. The number of rotatable bonds is 7. The predicted octanol–water partition coefficient (Wildman–Crippen LogP) is 5.90. The van der Waals surface area contributed by atoms with Gasteiger partial charge in [0.2, 0.25) is 0 Å². The fourth-order valence-electron chi connectivity index (χ4n) is 4.16. The van der Waals surface area contributed by atoms with Gasteiger partial charge in [0.05, 0.1) is 0 Å². The van der Waals surface area contributed by atoms with Crippen molar-refractivity contribution >= 4 is 23.8 Å². The number of benzene rings is 3. The van der Waals surface area contributed by atoms with Crippen LogP contribution in [0, 0.1) is 0 Å². The molecule has 0 bridgehead atoms. The van der Waals surface area contributed by atoms with Crippen LogP contribution in [-0.2, 0) is 0 Å². The van der Waals surface area contributed by atoms with E-state index < -0.39 is 0 Å². The molecule has 29 heavy (non-hydrogen) atoms. The van der Waals surface area contributed by atoms with Crippen molar-refractivity contribution in [2.75, 3.05) is 23.7 Å². The Morgan fingerprint density at radius 1 is 0.552 bits per heavy atom. The van der Waals surface area contributed by atoms with Crippen molar-refractivity contribution in [1.82, 2.24) is 0 Å². The van der Waals surface area contributed by atoms with E-state index in [0.29, 0.717) is 11.8 Å². The molecule has 0 aliphatic carbocycles. The van der Waals surface area contributed by atoms with Gasteiger partial charge in [-0.15, -0.1) is 0 Å². The summed E-state index contributed by atoms with van der Waals surface area (Å²) in [4.78, 5) is 4.81. The fraction of sp³-hybridized carbons (Fsp3) is 0.308. The zero-order valence-electron chi connectivity index (χ0n) is 18.6. The molecule has 0 N–H and O–H groups in total. The summed E-state index contributed by atoms with van der Waals surface area (Å²) in [6.07, 6.45) is 0. The minimum atomic E-state index is 0.0933. The van der Waals surface area contributed by atoms with Crippen LogP contribution in [0.1, 0.15) is 50.7 Å². The van der Waals surface area contributed by atoms with Crippen molar-refractivity contribution < 1.29 is 0 Å². The van der Waals surface area contributed by atoms with Crippen molar-refractivity contribution in [3.63, 3.8) is 0 Å². The van der Waals surface area contributed by atoms with E-state index in [0.717, 1.165) is 0 Å². The minimum absolute atomic E-state index is 0.0933. The molecule has 0 amide bonds. The average molecular weight is 384 g/mol. The predicted molar refractivity (Wildman–Crippen MR) is 130 cm³/mol. The van der Waals surface area contributed by atoms with E-state index in [1.165, 1.54) is 28.0 Å². The molecule has 0 heterocycles. The van der Waals surface area contributed by atoms with Gasteiger partial charge in [0.1, 0.15) is 0 Å². The Labute approximate surface area is 177 Å². The number of anilines is 2. The molecule has 0 atom stereocenters. The van der Waals surface area contributed by atoms with Crippen LogP contribution in [0.15, 0.2) is 78.9 Å². The molecular formula is C26H33BN2. The van der Waals surface area contributed by atoms with Crippen molar-refractivity contribution in [2.45, 2.75) is 39.5 Å². The number of hydrogen-bond acceptors (Lipinski definition) is 2. The first-order valence-electron chi connectivity index (χ1n) is 10.6. The van der Waals surface area contributed by atoms with Gasteiger partial charge in [-0.3, -0.25) is 0 Å². The van der Waals surface area contributed by atoms with E-state index in [2.05, 4.69) is 130 Å². The van der Waals surface area contributed by atoms with E-state index in [9.17, 15) is 0 Å². The van der Waals surface area contributed by atoms with Crippen molar-refractivity contribution in [2.24, 2.45) is 0 Å². The summed E-state index contributed by atoms with van der Waals surface area (Å²) in [5, 5.41) is 0. The van der Waals surface area contributed by atoms with Crippen LogP contribution >= 0.6 is 0 Å². The molecule has 150 valence electrons. The molecule has 0 spiro atoms. The second kappa shape index (κ2) is 9.22. The molecule has 3 aromatic rings. The maximum atomic E-state index is 2.40. The van der Waals surface area contributed by atoms with Gasteiger partial charge in [0.25, 0.3) is 0 Å². The Morgan fingerprint density at radius 3 is 1.28 bits per heavy atom. The van der Waals surface area contributed by atoms with Crippen LogP contribution in [0.3, 0.4) is 0 Å². The van der Waals surface area contributed by atoms with Crippen LogP contribution in [0.4, 0.5) is 11.4 Å². The van der Waals surface area contributed by atoms with E-state index in [1.807, 2.05) is 0 Å². The zero-order valence-corrected chi connectivity index (χ0v) is 18.6. The lowest BCUT2D eigenvalue weighted by molar-refractivity contribution is 0.843. The molecule has 3 rings (SSSR count). The quantitative estimate of drug-likeness (QED) is 0.468. The minimum Gasteiger partial charge on any atom is -0.395 e. The van der Waals surface area contributed by atoms with Crippen LogP contribution in [0.5, 0.6) is 0 Å². The molecule has 3 aromatic carbocycles. The highest BCUT2D eigenvalue weighted by atomic mass is 15.2. The smallest absolute Gasteiger partial charge is 0.395 e. The Balaban J connectivity index is 2.23. The summed E-state index contributed by atoms with van der Waals surface area (Å²) in [6.45, 7) is 9.28. The molecule has 0 aromatic heterocycles. The van der Waals surface area contributed by atoms with Gasteiger partial charge in [-0.2, -0.15) is 0 Å². The average Bonchev–Trinajstić information content (AvgIpc) is 2.74. The van der Waals surface area contributed by atoms with Gasteiger partial charge < -0.3 is 9.62 Å². The highest BCUT2D eigenvalue weighted by molar-refractivity contribution is 6.80. The topological polar surface area (TPSA) is 6.48 Å². The van der Waals surface area contributed by atoms with E-state index in [-0.39, 0.29) is 6.98 Å². The summed E-state index contributed by atoms with van der Waals surface area (Å²) in [5.74, 6) is 0.916. The third-order valence-corrected chi connectivity index (χ3v) is 5.74. The van der Waals surface area contributed by atoms with Gasteiger partial charge in [-0.25, -0.2) is 0 Å². The molecule has 0 aliphatic heterocycles. The lowest BCUT2D eigenvalue weighted by Crippen LogP contribution is -2.60. The summed E-state index contributed by atoms with van der Waals surface area (Å²) in [5.41, 5.74) is 6.70. The molecule has 0 radical (unpaired) electrons. The van der Waals surface area contributed by atoms with Crippen LogP contribution in [0.2, 0.25) is 0 Å². The summed E-state index contributed by atoms with van der Waals surface area (Å²) in [7, 11) is 4.42. The van der Waals surface area contributed by atoms with E-state index >= 15 is 0 Å². The normalized spacial score (nSPS) is 11.0. The summed E-state index contributed by atoms with van der Waals surface area (Å²) < 4.78 is 0. The molecule has 0 aliphatic rings. The van der Waals surface area contributed by atoms with Gasteiger partial charge in [0.15, 0.2) is 0 Å². The zero-order chi connectivity index (χ0) is 21.0. The van der Waals surface area contributed by atoms with E-state index in [4.69, 9.17) is 0 Å². The second-order valence-electron chi connectivity index (χ2n) is 8.43. The lowest BCUT2D eigenvalue weighted by Gasteiger charge is -2.38. The third-order valence-electron chi connectivity index (χ3n) is 5.74. The molecule has 0 unspecified atom stereocenters. The first-order chi connectivity index (χ1) is 13.9. The van der Waals surface area contributed by atoms with Crippen LogP contribution in [0.25, 0.3) is 0 Å². The van der Waals surface area contributed by atoms with Crippen LogP contribution in [-0.4, -0.2) is 21.1 Å². The Kier molecular flexibility index (Phi) is 6.69. The number of hydrogen-bond donors (Lipinski definition) is 0. The highest BCUT2D eigenvalue weighted by Crippen LogP contribution is 2.25. The second-order valence-corrected chi connectivity index (χ2v) is 8.43. The third kappa shape index (κ3) is 4.50. The van der Waals surface area contributed by atoms with Crippen LogP contribution < -0.4 is 15.1 Å². The molecular weight excluding hydrogens is 351 g/mol. The molecule has 3 heteroatoms. The molecule has 0 saturated carbocycles. The van der Waals surface area contributed by atoms with Crippen molar-refractivity contribution in [1.29, 1.82) is 0 Å². The summed E-state index contributed by atoms with van der Waals surface area (Å²) >= 11 is 0. The largest absolute Gasteiger partial charge is 0.411 e. The molecule has 0 fully saturated rings. The summed E-state index contributed by atoms with van der Waals surface area (Å²) in [6, 6.07) is 28.2. The van der Waals surface area contributed by atoms with Crippen molar-refractivity contribution in [3.05, 3.63) is 90.0 Å². The Morgan fingerprint density at radius 2 is 0.931 bits per heavy atom. The first-order valence-corrected chi connectivity index (χ1v) is 10.6. The molecule has 0 saturated heterocycles. The van der Waals surface area contributed by atoms with Gasteiger partial charge in [-0.1, -0.05) is 82.3 Å². The number of nitrogens with zero attached hydrogens (tertiary/aromatic N) is 2. The monoisotopic (exact) mass is 384 g/mol. The number of para-hydroxylation sites is 2. The Hall–Kier alpha value is -2.68. The van der Waals surface area contributed by atoms with Gasteiger partial charge in [-0.05, 0) is 66.8 Å². The fourth-order valence-corrected chi connectivity index (χ4v) is 4.16.